The van der Waals surface area contributed by atoms with E-state index in [9.17, 15) is 5.11 Å². The van der Waals surface area contributed by atoms with E-state index < -0.39 is 6.10 Å². The number of hydrogen-bond donors (Lipinski definition) is 1. The number of hydrogen-bond acceptors (Lipinski definition) is 5. The molecule has 0 aromatic carbocycles. The summed E-state index contributed by atoms with van der Waals surface area (Å²) in [5.41, 5.74) is 1.74. The van der Waals surface area contributed by atoms with Crippen molar-refractivity contribution in [3.63, 3.8) is 0 Å². The van der Waals surface area contributed by atoms with Gasteiger partial charge in [0.05, 0.1) is 11.8 Å². The van der Waals surface area contributed by atoms with Crippen LogP contribution in [0.5, 0.6) is 0 Å². The first-order valence-electron chi connectivity index (χ1n) is 4.89. The second kappa shape index (κ2) is 4.95. The van der Waals surface area contributed by atoms with Crippen molar-refractivity contribution in [3.8, 4) is 0 Å². The smallest absolute Gasteiger partial charge is 0.154 e. The predicted molar refractivity (Wildman–Crippen MR) is 65.8 cm³/mol. The van der Waals surface area contributed by atoms with Crippen LogP contribution < -0.4 is 0 Å². The fourth-order valence-corrected chi connectivity index (χ4v) is 2.96. The van der Waals surface area contributed by atoms with E-state index in [1.165, 1.54) is 0 Å². The maximum Gasteiger partial charge on any atom is 0.154 e. The topological polar surface area (TPSA) is 46.0 Å². The van der Waals surface area contributed by atoms with Gasteiger partial charge in [0.1, 0.15) is 0 Å². The SMILES string of the molecule is Cc1csc(Sc2ccc(C(C)O)nc2)n1. The molecular weight excluding hydrogens is 240 g/mol. The van der Waals surface area contributed by atoms with Crippen LogP contribution >= 0.6 is 23.1 Å². The van der Waals surface area contributed by atoms with Crippen molar-refractivity contribution in [3.05, 3.63) is 35.1 Å². The average molecular weight is 252 g/mol. The van der Waals surface area contributed by atoms with Crippen LogP contribution in [0.15, 0.2) is 32.9 Å². The van der Waals surface area contributed by atoms with Gasteiger partial charge in [-0.15, -0.1) is 11.3 Å². The molecule has 16 heavy (non-hydrogen) atoms. The molecule has 0 saturated carbocycles. The van der Waals surface area contributed by atoms with Crippen molar-refractivity contribution in [1.82, 2.24) is 9.97 Å². The summed E-state index contributed by atoms with van der Waals surface area (Å²) in [7, 11) is 0. The fraction of sp³-hybridized carbons (Fsp3) is 0.273. The number of thiazole rings is 1. The standard InChI is InChI=1S/C11H12N2OS2/c1-7-6-15-11(13-7)16-9-3-4-10(8(2)14)12-5-9/h3-6,8,14H,1-2H3. The second-order valence-corrected chi connectivity index (χ2v) is 5.63. The fourth-order valence-electron chi connectivity index (χ4n) is 1.18. The second-order valence-electron chi connectivity index (χ2n) is 3.45. The van der Waals surface area contributed by atoms with E-state index >= 15 is 0 Å². The molecule has 0 aliphatic rings. The summed E-state index contributed by atoms with van der Waals surface area (Å²) in [5, 5.41) is 11.4. The Balaban J connectivity index is 2.11. The van der Waals surface area contributed by atoms with Crippen LogP contribution in [0, 0.1) is 6.92 Å². The summed E-state index contributed by atoms with van der Waals surface area (Å²) in [6, 6.07) is 3.80. The molecule has 0 aliphatic heterocycles. The van der Waals surface area contributed by atoms with Crippen molar-refractivity contribution in [1.29, 1.82) is 0 Å². The molecule has 0 radical (unpaired) electrons. The van der Waals surface area contributed by atoms with Gasteiger partial charge in [0.15, 0.2) is 4.34 Å². The lowest BCUT2D eigenvalue weighted by Gasteiger charge is -2.03. The third-order valence-corrected chi connectivity index (χ3v) is 4.02. The lowest BCUT2D eigenvalue weighted by Crippen LogP contribution is -1.94. The first-order chi connectivity index (χ1) is 7.65. The van der Waals surface area contributed by atoms with E-state index in [4.69, 9.17) is 0 Å². The van der Waals surface area contributed by atoms with Crippen LogP contribution in [0.3, 0.4) is 0 Å². The van der Waals surface area contributed by atoms with Gasteiger partial charge in [-0.05, 0) is 26.0 Å². The zero-order chi connectivity index (χ0) is 11.5. The van der Waals surface area contributed by atoms with E-state index in [0.717, 1.165) is 14.9 Å². The Morgan fingerprint density at radius 3 is 2.75 bits per heavy atom. The number of aryl methyl sites for hydroxylation is 1. The third kappa shape index (κ3) is 2.81. The summed E-state index contributed by atoms with van der Waals surface area (Å²) < 4.78 is 1.02. The Morgan fingerprint density at radius 1 is 1.44 bits per heavy atom. The van der Waals surface area contributed by atoms with Gasteiger partial charge >= 0.3 is 0 Å². The number of pyridine rings is 1. The van der Waals surface area contributed by atoms with Gasteiger partial charge in [0.25, 0.3) is 0 Å². The molecule has 2 rings (SSSR count). The van der Waals surface area contributed by atoms with Crippen LogP contribution in [0.1, 0.15) is 24.4 Å². The first kappa shape index (κ1) is 11.6. The predicted octanol–water partition coefficient (Wildman–Crippen LogP) is 3.05. The molecule has 0 saturated heterocycles. The van der Waals surface area contributed by atoms with Gasteiger partial charge in [0.2, 0.25) is 0 Å². The minimum absolute atomic E-state index is 0.513. The molecule has 5 heteroatoms. The van der Waals surface area contributed by atoms with Gasteiger partial charge in [-0.2, -0.15) is 0 Å². The van der Waals surface area contributed by atoms with E-state index in [0.29, 0.717) is 5.69 Å². The molecule has 2 aromatic rings. The highest BCUT2D eigenvalue weighted by atomic mass is 32.2. The maximum absolute atomic E-state index is 9.33. The van der Waals surface area contributed by atoms with Crippen LogP contribution in [-0.2, 0) is 0 Å². The quantitative estimate of drug-likeness (QED) is 0.912. The molecule has 1 unspecified atom stereocenters. The van der Waals surface area contributed by atoms with Gasteiger partial charge < -0.3 is 5.11 Å². The number of nitrogens with zero attached hydrogens (tertiary/aromatic N) is 2. The van der Waals surface area contributed by atoms with Crippen molar-refractivity contribution < 1.29 is 5.11 Å². The minimum atomic E-state index is -0.513. The van der Waals surface area contributed by atoms with Crippen LogP contribution in [-0.4, -0.2) is 15.1 Å². The van der Waals surface area contributed by atoms with Gasteiger partial charge in [-0.1, -0.05) is 11.8 Å². The molecule has 2 aromatic heterocycles. The van der Waals surface area contributed by atoms with Gasteiger partial charge in [-0.3, -0.25) is 4.98 Å². The number of rotatable bonds is 3. The van der Waals surface area contributed by atoms with Crippen molar-refractivity contribution in [2.24, 2.45) is 0 Å². The molecule has 1 atom stereocenters. The number of aliphatic hydroxyl groups is 1. The molecule has 0 spiro atoms. The zero-order valence-electron chi connectivity index (χ0n) is 9.04. The zero-order valence-corrected chi connectivity index (χ0v) is 10.7. The molecule has 0 fully saturated rings. The van der Waals surface area contributed by atoms with Crippen LogP contribution in [0.2, 0.25) is 0 Å². The minimum Gasteiger partial charge on any atom is -0.387 e. The summed E-state index contributed by atoms with van der Waals surface area (Å²) in [6.45, 7) is 3.69. The van der Waals surface area contributed by atoms with Crippen molar-refractivity contribution >= 4 is 23.1 Å². The summed E-state index contributed by atoms with van der Waals surface area (Å²) in [4.78, 5) is 9.60. The Labute approximate surface area is 103 Å². The monoisotopic (exact) mass is 252 g/mol. The Bertz CT molecular complexity index is 465. The number of aromatic nitrogens is 2. The molecule has 3 nitrogen and oxygen atoms in total. The lowest BCUT2D eigenvalue weighted by atomic mass is 10.2. The number of aliphatic hydroxyl groups excluding tert-OH is 1. The highest BCUT2D eigenvalue weighted by Gasteiger charge is 2.04. The lowest BCUT2D eigenvalue weighted by molar-refractivity contribution is 0.194. The Hall–Kier alpha value is -0.910. The van der Waals surface area contributed by atoms with Gasteiger partial charge in [0, 0.05) is 22.2 Å². The van der Waals surface area contributed by atoms with E-state index in [2.05, 4.69) is 9.97 Å². The highest BCUT2D eigenvalue weighted by Crippen LogP contribution is 2.29. The molecular formula is C11H12N2OS2. The van der Waals surface area contributed by atoms with Crippen LogP contribution in [0.25, 0.3) is 0 Å². The van der Waals surface area contributed by atoms with Crippen LogP contribution in [0.4, 0.5) is 0 Å². The van der Waals surface area contributed by atoms with Gasteiger partial charge in [-0.25, -0.2) is 4.98 Å². The molecule has 0 amide bonds. The molecule has 0 bridgehead atoms. The molecule has 0 aliphatic carbocycles. The Kier molecular flexibility index (Phi) is 3.58. The highest BCUT2D eigenvalue weighted by molar-refractivity contribution is 8.01. The summed E-state index contributed by atoms with van der Waals surface area (Å²) >= 11 is 3.22. The normalized spacial score (nSPS) is 12.7. The molecule has 84 valence electrons. The summed E-state index contributed by atoms with van der Waals surface area (Å²) in [6.07, 6.45) is 1.25. The maximum atomic E-state index is 9.33. The third-order valence-electron chi connectivity index (χ3n) is 1.99. The first-order valence-corrected chi connectivity index (χ1v) is 6.59. The summed E-state index contributed by atoms with van der Waals surface area (Å²) in [5.74, 6) is 0. The van der Waals surface area contributed by atoms with Crippen molar-refractivity contribution in [2.75, 3.05) is 0 Å². The Morgan fingerprint density at radius 2 is 2.25 bits per heavy atom. The molecule has 2 heterocycles. The largest absolute Gasteiger partial charge is 0.387 e. The van der Waals surface area contributed by atoms with E-state index in [1.807, 2.05) is 24.4 Å². The molecule has 1 N–H and O–H groups in total. The van der Waals surface area contributed by atoms with E-state index in [-0.39, 0.29) is 0 Å². The average Bonchev–Trinajstić information content (AvgIpc) is 2.65. The van der Waals surface area contributed by atoms with Crippen molar-refractivity contribution in [2.45, 2.75) is 29.2 Å². The van der Waals surface area contributed by atoms with E-state index in [1.54, 1.807) is 36.2 Å².